The van der Waals surface area contributed by atoms with Crippen molar-refractivity contribution >= 4 is 48.3 Å². The lowest BCUT2D eigenvalue weighted by atomic mass is 9.95. The Kier molecular flexibility index (Phi) is 4.85. The van der Waals surface area contributed by atoms with Gasteiger partial charge in [-0.15, -0.1) is 0 Å². The molecule has 0 saturated heterocycles. The fourth-order valence-electron chi connectivity index (χ4n) is 4.61. The third-order valence-electron chi connectivity index (χ3n) is 6.25. The van der Waals surface area contributed by atoms with E-state index in [2.05, 4.69) is 117 Å². The topological polar surface area (TPSA) is 24.8 Å². The van der Waals surface area contributed by atoms with Gasteiger partial charge in [0.25, 0.3) is 0 Å². The van der Waals surface area contributed by atoms with Crippen molar-refractivity contribution in [2.45, 2.75) is 25.6 Å². The van der Waals surface area contributed by atoms with Crippen molar-refractivity contribution in [3.63, 3.8) is 0 Å². The predicted octanol–water partition coefficient (Wildman–Crippen LogP) is 7.92. The van der Waals surface area contributed by atoms with Crippen LogP contribution in [0.4, 0.5) is 0 Å². The molecule has 0 fully saturated rings. The van der Waals surface area contributed by atoms with E-state index in [0.717, 1.165) is 43.5 Å². The summed E-state index contributed by atoms with van der Waals surface area (Å²) in [5, 5.41) is 9.73. The summed E-state index contributed by atoms with van der Waals surface area (Å²) in [6.45, 7) is 2.10. The number of nitrogens with zero attached hydrogens (tertiary/aromatic N) is 2. The summed E-state index contributed by atoms with van der Waals surface area (Å²) >= 11 is 7.37. The Hall–Kier alpha value is -2.63. The molecule has 0 saturated carbocycles. The number of benzene rings is 4. The van der Waals surface area contributed by atoms with Crippen LogP contribution in [0.3, 0.4) is 0 Å². The maximum Gasteiger partial charge on any atom is 0.213 e. The van der Waals surface area contributed by atoms with Gasteiger partial charge in [-0.1, -0.05) is 82.2 Å². The first-order chi connectivity index (χ1) is 15.6. The van der Waals surface area contributed by atoms with E-state index in [0.29, 0.717) is 0 Å². The number of rotatable bonds is 2. The molecule has 2 atom stereocenters. The molecule has 4 aromatic carbocycles. The van der Waals surface area contributed by atoms with Crippen LogP contribution in [0.2, 0.25) is 0 Å². The van der Waals surface area contributed by atoms with Crippen molar-refractivity contribution in [1.82, 2.24) is 5.01 Å². The first kappa shape index (κ1) is 20.0. The number of halogens is 2. The van der Waals surface area contributed by atoms with Gasteiger partial charge in [-0.3, -0.25) is 0 Å². The van der Waals surface area contributed by atoms with Crippen molar-refractivity contribution in [3.8, 4) is 5.75 Å². The van der Waals surface area contributed by atoms with Crippen LogP contribution in [-0.4, -0.2) is 10.7 Å². The van der Waals surface area contributed by atoms with Gasteiger partial charge in [0, 0.05) is 22.0 Å². The quantitative estimate of drug-likeness (QED) is 0.254. The van der Waals surface area contributed by atoms with Crippen LogP contribution in [0.15, 0.2) is 92.9 Å². The molecule has 2 aliphatic heterocycles. The van der Waals surface area contributed by atoms with Gasteiger partial charge in [0.05, 0.1) is 16.2 Å². The van der Waals surface area contributed by atoms with E-state index in [1.807, 2.05) is 6.07 Å². The van der Waals surface area contributed by atoms with Crippen LogP contribution in [0.25, 0.3) is 10.8 Å². The largest absolute Gasteiger partial charge is 0.463 e. The molecule has 0 spiro atoms. The Morgan fingerprint density at radius 1 is 0.906 bits per heavy atom. The van der Waals surface area contributed by atoms with E-state index >= 15 is 0 Å². The molecule has 0 aromatic heterocycles. The fourth-order valence-corrected chi connectivity index (χ4v) is 5.96. The van der Waals surface area contributed by atoms with Gasteiger partial charge in [-0.05, 0) is 57.4 Å². The van der Waals surface area contributed by atoms with Gasteiger partial charge >= 0.3 is 0 Å². The van der Waals surface area contributed by atoms with Crippen LogP contribution in [0.5, 0.6) is 5.75 Å². The van der Waals surface area contributed by atoms with Crippen molar-refractivity contribution in [3.05, 3.63) is 110 Å². The van der Waals surface area contributed by atoms with Crippen molar-refractivity contribution < 1.29 is 4.74 Å². The molecule has 0 radical (unpaired) electrons. The third-order valence-corrected chi connectivity index (χ3v) is 7.30. The minimum atomic E-state index is -0.275. The molecule has 6 rings (SSSR count). The number of hydrazone groups is 1. The van der Waals surface area contributed by atoms with Crippen molar-refractivity contribution in [2.24, 2.45) is 5.10 Å². The minimum Gasteiger partial charge on any atom is -0.463 e. The van der Waals surface area contributed by atoms with Crippen LogP contribution in [0, 0.1) is 6.92 Å². The monoisotopic (exact) mass is 546 g/mol. The number of hydrogen-bond acceptors (Lipinski definition) is 3. The highest BCUT2D eigenvalue weighted by molar-refractivity contribution is 9.11. The lowest BCUT2D eigenvalue weighted by molar-refractivity contribution is -0.0197. The summed E-state index contributed by atoms with van der Waals surface area (Å²) in [6.07, 6.45) is 0.559. The van der Waals surface area contributed by atoms with Gasteiger partial charge in [0.1, 0.15) is 5.75 Å². The molecule has 2 heterocycles. The molecule has 0 N–H and O–H groups in total. The van der Waals surface area contributed by atoms with Crippen molar-refractivity contribution in [1.29, 1.82) is 0 Å². The molecule has 158 valence electrons. The maximum absolute atomic E-state index is 6.56. The highest BCUT2D eigenvalue weighted by Crippen LogP contribution is 2.50. The van der Waals surface area contributed by atoms with Crippen LogP contribution in [-0.2, 0) is 0 Å². The van der Waals surface area contributed by atoms with E-state index in [4.69, 9.17) is 9.84 Å². The zero-order chi connectivity index (χ0) is 21.8. The summed E-state index contributed by atoms with van der Waals surface area (Å²) in [4.78, 5) is 0. The van der Waals surface area contributed by atoms with Gasteiger partial charge in [-0.2, -0.15) is 5.10 Å². The van der Waals surface area contributed by atoms with Crippen LogP contribution in [0.1, 0.15) is 40.9 Å². The zero-order valence-corrected chi connectivity index (χ0v) is 20.6. The standard InChI is InChI=1S/C27H20Br2N2O/c1-16-6-8-18(9-7-16)27-31-25(22-13-21(28)14-23(29)26(22)32-27)15-24(30-31)20-11-10-17-4-2-3-5-19(17)12-20/h2-14,25,27H,15H2,1H3. The van der Waals surface area contributed by atoms with E-state index in [1.165, 1.54) is 16.3 Å². The Morgan fingerprint density at radius 2 is 1.69 bits per heavy atom. The minimum absolute atomic E-state index is 0.111. The molecule has 0 bridgehead atoms. The number of fused-ring (bicyclic) bond motifs is 4. The lowest BCUT2D eigenvalue weighted by Crippen LogP contribution is -2.33. The van der Waals surface area contributed by atoms with Crippen molar-refractivity contribution in [2.75, 3.05) is 0 Å². The second-order valence-electron chi connectivity index (χ2n) is 8.40. The normalized spacial score (nSPS) is 19.3. The Labute approximate surface area is 204 Å². The fraction of sp³-hybridized carbons (Fsp3) is 0.148. The van der Waals surface area contributed by atoms with E-state index in [1.54, 1.807) is 0 Å². The van der Waals surface area contributed by atoms with E-state index in [9.17, 15) is 0 Å². The molecule has 32 heavy (non-hydrogen) atoms. The maximum atomic E-state index is 6.56. The molecule has 2 aliphatic rings. The highest BCUT2D eigenvalue weighted by Gasteiger charge is 2.42. The molecule has 0 aliphatic carbocycles. The SMILES string of the molecule is Cc1ccc(C2Oc3c(Br)cc(Br)cc3C3CC(c4ccc5ccccc5c4)=NN32)cc1. The molecule has 4 aromatic rings. The Bertz CT molecular complexity index is 1380. The third kappa shape index (κ3) is 3.35. The van der Waals surface area contributed by atoms with Gasteiger partial charge in [0.15, 0.2) is 0 Å². The average molecular weight is 548 g/mol. The summed E-state index contributed by atoms with van der Waals surface area (Å²) in [6, 6.07) is 27.9. The van der Waals surface area contributed by atoms with Crippen LogP contribution >= 0.6 is 31.9 Å². The van der Waals surface area contributed by atoms with Crippen LogP contribution < -0.4 is 4.74 Å². The summed E-state index contributed by atoms with van der Waals surface area (Å²) in [5.41, 5.74) is 5.73. The number of ether oxygens (including phenoxy) is 1. The molecule has 2 unspecified atom stereocenters. The van der Waals surface area contributed by atoms with Gasteiger partial charge in [-0.25, -0.2) is 5.01 Å². The molecule has 0 amide bonds. The first-order valence-electron chi connectivity index (χ1n) is 10.6. The molecule has 5 heteroatoms. The first-order valence-corrected chi connectivity index (χ1v) is 12.2. The average Bonchev–Trinajstić information content (AvgIpc) is 3.25. The zero-order valence-electron chi connectivity index (χ0n) is 17.4. The summed E-state index contributed by atoms with van der Waals surface area (Å²) in [5.74, 6) is 0.898. The Morgan fingerprint density at radius 3 is 2.50 bits per heavy atom. The van der Waals surface area contributed by atoms with Gasteiger partial charge < -0.3 is 4.74 Å². The smallest absolute Gasteiger partial charge is 0.213 e. The Balaban J connectivity index is 1.47. The van der Waals surface area contributed by atoms with E-state index < -0.39 is 0 Å². The predicted molar refractivity (Wildman–Crippen MR) is 136 cm³/mol. The highest BCUT2D eigenvalue weighted by atomic mass is 79.9. The second kappa shape index (κ2) is 7.75. The molecular formula is C27H20Br2N2O. The second-order valence-corrected chi connectivity index (χ2v) is 10.2. The number of aryl methyl sites for hydroxylation is 1. The summed E-state index contributed by atoms with van der Waals surface area (Å²) in [7, 11) is 0. The lowest BCUT2D eigenvalue weighted by Gasteiger charge is -2.38. The summed E-state index contributed by atoms with van der Waals surface area (Å²) < 4.78 is 8.55. The number of hydrogen-bond donors (Lipinski definition) is 0. The molecule has 3 nitrogen and oxygen atoms in total. The van der Waals surface area contributed by atoms with Gasteiger partial charge in [0.2, 0.25) is 6.23 Å². The molecular weight excluding hydrogens is 528 g/mol. The van der Waals surface area contributed by atoms with E-state index in [-0.39, 0.29) is 12.3 Å².